The van der Waals surface area contributed by atoms with Crippen LogP contribution in [0.2, 0.25) is 0 Å². The van der Waals surface area contributed by atoms with Gasteiger partial charge in [0.2, 0.25) is 0 Å². The minimum Gasteiger partial charge on any atom is -0.341 e. The Kier molecular flexibility index (Phi) is 5.50. The lowest BCUT2D eigenvalue weighted by molar-refractivity contribution is -0.136. The van der Waals surface area contributed by atoms with E-state index in [-0.39, 0.29) is 17.3 Å². The van der Waals surface area contributed by atoms with Crippen LogP contribution in [0.1, 0.15) is 35.2 Å². The lowest BCUT2D eigenvalue weighted by Crippen LogP contribution is -2.37. The van der Waals surface area contributed by atoms with Gasteiger partial charge in [0.1, 0.15) is 11.9 Å². The predicted octanol–water partition coefficient (Wildman–Crippen LogP) is 3.13. The number of hydrogen-bond donors (Lipinski definition) is 2. The van der Waals surface area contributed by atoms with E-state index in [0.717, 1.165) is 22.8 Å². The van der Waals surface area contributed by atoms with Crippen molar-refractivity contribution in [3.05, 3.63) is 64.5 Å². The first-order chi connectivity index (χ1) is 11.8. The van der Waals surface area contributed by atoms with Crippen molar-refractivity contribution in [2.75, 3.05) is 5.32 Å². The van der Waals surface area contributed by atoms with E-state index < -0.39 is 17.6 Å². The average Bonchev–Trinajstić information content (AvgIpc) is 2.58. The van der Waals surface area contributed by atoms with Gasteiger partial charge in [0.15, 0.2) is 0 Å². The number of anilines is 1. The zero-order valence-electron chi connectivity index (χ0n) is 14.2. The van der Waals surface area contributed by atoms with E-state index in [1.807, 2.05) is 32.0 Å². The number of halogens is 1. The minimum absolute atomic E-state index is 0.178. The number of carbonyl (C=O) groups excluding carboxylic acids is 2. The summed E-state index contributed by atoms with van der Waals surface area (Å²) in [6.45, 7) is 5.72. The van der Waals surface area contributed by atoms with Crippen LogP contribution < -0.4 is 10.6 Å². The average molecular weight is 339 g/mol. The van der Waals surface area contributed by atoms with Gasteiger partial charge in [-0.15, -0.1) is 0 Å². The third kappa shape index (κ3) is 4.21. The number of rotatable bonds is 3. The summed E-state index contributed by atoms with van der Waals surface area (Å²) in [6, 6.07) is 10.6. The van der Waals surface area contributed by atoms with Gasteiger partial charge in [0, 0.05) is 5.69 Å². The second-order valence-electron chi connectivity index (χ2n) is 5.74. The Morgan fingerprint density at radius 1 is 1.16 bits per heavy atom. The van der Waals surface area contributed by atoms with Crippen LogP contribution >= 0.6 is 0 Å². The number of nitrogens with zero attached hydrogens (tertiary/aromatic N) is 1. The zero-order valence-corrected chi connectivity index (χ0v) is 14.2. The van der Waals surface area contributed by atoms with Crippen LogP contribution in [0.5, 0.6) is 0 Å². The van der Waals surface area contributed by atoms with Crippen molar-refractivity contribution < 1.29 is 14.0 Å². The zero-order chi connectivity index (χ0) is 18.6. The van der Waals surface area contributed by atoms with Crippen LogP contribution in [-0.4, -0.2) is 11.8 Å². The van der Waals surface area contributed by atoms with E-state index in [1.54, 1.807) is 13.0 Å². The van der Waals surface area contributed by atoms with Crippen molar-refractivity contribution in [3.8, 4) is 6.07 Å². The second-order valence-corrected chi connectivity index (χ2v) is 5.74. The Morgan fingerprint density at radius 3 is 2.56 bits per heavy atom. The summed E-state index contributed by atoms with van der Waals surface area (Å²) >= 11 is 0. The van der Waals surface area contributed by atoms with E-state index in [4.69, 9.17) is 5.26 Å². The summed E-state index contributed by atoms with van der Waals surface area (Å²) in [7, 11) is 0. The number of amides is 2. The van der Waals surface area contributed by atoms with Gasteiger partial charge in [0.05, 0.1) is 11.6 Å². The molecular weight excluding hydrogens is 321 g/mol. The third-order valence-electron chi connectivity index (χ3n) is 4.01. The molecule has 1 unspecified atom stereocenters. The van der Waals surface area contributed by atoms with Crippen LogP contribution in [0.3, 0.4) is 0 Å². The van der Waals surface area contributed by atoms with Crippen molar-refractivity contribution in [2.24, 2.45) is 0 Å². The van der Waals surface area contributed by atoms with E-state index >= 15 is 0 Å². The molecule has 0 spiro atoms. The fourth-order valence-electron chi connectivity index (χ4n) is 2.46. The Hall–Kier alpha value is -3.20. The topological polar surface area (TPSA) is 82.0 Å². The minimum atomic E-state index is -0.882. The van der Waals surface area contributed by atoms with Gasteiger partial charge < -0.3 is 10.6 Å². The lowest BCUT2D eigenvalue weighted by atomic mass is 9.98. The molecule has 2 aromatic rings. The van der Waals surface area contributed by atoms with Crippen LogP contribution in [0.4, 0.5) is 10.1 Å². The van der Waals surface area contributed by atoms with Crippen molar-refractivity contribution >= 4 is 17.5 Å². The molecule has 2 aromatic carbocycles. The summed E-state index contributed by atoms with van der Waals surface area (Å²) in [4.78, 5) is 24.1. The largest absolute Gasteiger partial charge is 0.341 e. The molecule has 0 aliphatic carbocycles. The maximum absolute atomic E-state index is 13.3. The van der Waals surface area contributed by atoms with Crippen LogP contribution in [-0.2, 0) is 9.59 Å². The van der Waals surface area contributed by atoms with Gasteiger partial charge in [-0.3, -0.25) is 9.59 Å². The summed E-state index contributed by atoms with van der Waals surface area (Å²) in [5.41, 5.74) is 3.04. The number of aryl methyl sites for hydroxylation is 1. The predicted molar refractivity (Wildman–Crippen MR) is 92.2 cm³/mol. The van der Waals surface area contributed by atoms with Crippen molar-refractivity contribution in [1.82, 2.24) is 5.32 Å². The smallest absolute Gasteiger partial charge is 0.313 e. The Labute approximate surface area is 145 Å². The highest BCUT2D eigenvalue weighted by Gasteiger charge is 2.19. The normalized spacial score (nSPS) is 11.3. The molecule has 2 N–H and O–H groups in total. The Bertz CT molecular complexity index is 871. The van der Waals surface area contributed by atoms with Gasteiger partial charge in [-0.05, 0) is 55.7 Å². The molecule has 0 heterocycles. The fourth-order valence-corrected chi connectivity index (χ4v) is 2.46. The first kappa shape index (κ1) is 18.1. The summed E-state index contributed by atoms with van der Waals surface area (Å²) in [5, 5.41) is 13.8. The monoisotopic (exact) mass is 339 g/mol. The molecule has 6 heteroatoms. The molecule has 2 amide bonds. The molecule has 128 valence electrons. The maximum atomic E-state index is 13.3. The van der Waals surface area contributed by atoms with E-state index in [2.05, 4.69) is 10.6 Å². The van der Waals surface area contributed by atoms with Crippen molar-refractivity contribution in [3.63, 3.8) is 0 Å². The molecule has 0 radical (unpaired) electrons. The molecular formula is C19H18FN3O2. The van der Waals surface area contributed by atoms with E-state index in [0.29, 0.717) is 0 Å². The highest BCUT2D eigenvalue weighted by atomic mass is 19.1. The molecule has 2 rings (SSSR count). The summed E-state index contributed by atoms with van der Waals surface area (Å²) in [6.07, 6.45) is 0. The Balaban J connectivity index is 2.06. The van der Waals surface area contributed by atoms with Gasteiger partial charge in [-0.1, -0.05) is 18.2 Å². The van der Waals surface area contributed by atoms with Crippen molar-refractivity contribution in [2.45, 2.75) is 26.8 Å². The molecule has 0 saturated heterocycles. The quantitative estimate of drug-likeness (QED) is 0.843. The third-order valence-corrected chi connectivity index (χ3v) is 4.01. The van der Waals surface area contributed by atoms with Gasteiger partial charge in [-0.2, -0.15) is 5.26 Å². The number of carbonyl (C=O) groups is 2. The summed E-state index contributed by atoms with van der Waals surface area (Å²) < 4.78 is 13.3. The first-order valence-electron chi connectivity index (χ1n) is 7.71. The molecule has 25 heavy (non-hydrogen) atoms. The van der Waals surface area contributed by atoms with Gasteiger partial charge in [-0.25, -0.2) is 4.39 Å². The van der Waals surface area contributed by atoms with E-state index in [9.17, 15) is 14.0 Å². The van der Waals surface area contributed by atoms with E-state index in [1.165, 1.54) is 12.1 Å². The number of nitriles is 1. The van der Waals surface area contributed by atoms with Crippen LogP contribution in [0.15, 0.2) is 36.4 Å². The molecule has 0 fully saturated rings. The highest BCUT2D eigenvalue weighted by molar-refractivity contribution is 6.39. The van der Waals surface area contributed by atoms with Gasteiger partial charge in [0.25, 0.3) is 0 Å². The number of hydrogen-bond acceptors (Lipinski definition) is 3. The standard InChI is InChI=1S/C19H18FN3O2/c1-11-5-4-6-16(12(11)2)13(3)22-18(24)19(25)23-15-7-8-17(20)14(9-15)10-21/h4-9,13H,1-3H3,(H,22,24)(H,23,25). The van der Waals surface area contributed by atoms with Crippen LogP contribution in [0, 0.1) is 31.0 Å². The molecule has 0 aliphatic rings. The Morgan fingerprint density at radius 2 is 1.88 bits per heavy atom. The SMILES string of the molecule is Cc1cccc(C(C)NC(=O)C(=O)Nc2ccc(F)c(C#N)c2)c1C. The number of benzene rings is 2. The molecule has 5 nitrogen and oxygen atoms in total. The second kappa shape index (κ2) is 7.58. The molecule has 1 atom stereocenters. The maximum Gasteiger partial charge on any atom is 0.313 e. The fraction of sp³-hybridized carbons (Fsp3) is 0.211. The van der Waals surface area contributed by atoms with Crippen LogP contribution in [0.25, 0.3) is 0 Å². The first-order valence-corrected chi connectivity index (χ1v) is 7.71. The highest BCUT2D eigenvalue weighted by Crippen LogP contribution is 2.20. The summed E-state index contributed by atoms with van der Waals surface area (Å²) in [5.74, 6) is -2.38. The molecule has 0 aromatic heterocycles. The van der Waals surface area contributed by atoms with Crippen molar-refractivity contribution in [1.29, 1.82) is 5.26 Å². The van der Waals surface area contributed by atoms with Gasteiger partial charge >= 0.3 is 11.8 Å². The molecule has 0 bridgehead atoms. The molecule has 0 saturated carbocycles. The number of nitrogens with one attached hydrogen (secondary N) is 2. The lowest BCUT2D eigenvalue weighted by Gasteiger charge is -2.17. The molecule has 0 aliphatic heterocycles.